The number of allylic oxidation sites excluding steroid dienone is 4. The standard InChI is InChI=1S/C26H26INO6/c1-3-11-34-26-16(27)12-15(13-21(26)33-4-2)23-24-17(7-5-9-19(24)29)28(14-22(31)32)18-8-6-10-20(30)25(18)23/h1,12-13,23H,4-11,14H2,2H3,(H,31,32). The Kier molecular flexibility index (Phi) is 7.31. The third kappa shape index (κ3) is 4.45. The average molecular weight is 575 g/mol. The first kappa shape index (κ1) is 24.3. The Balaban J connectivity index is 1.94. The highest BCUT2D eigenvalue weighted by molar-refractivity contribution is 14.1. The number of carboxylic acid groups (broad SMARTS) is 1. The van der Waals surface area contributed by atoms with Gasteiger partial charge >= 0.3 is 5.97 Å². The van der Waals surface area contributed by atoms with Crippen molar-refractivity contribution in [2.24, 2.45) is 0 Å². The number of hydrogen-bond acceptors (Lipinski definition) is 6. The summed E-state index contributed by atoms with van der Waals surface area (Å²) in [5, 5.41) is 9.59. The molecule has 0 unspecified atom stereocenters. The van der Waals surface area contributed by atoms with E-state index < -0.39 is 11.9 Å². The largest absolute Gasteiger partial charge is 0.490 e. The Morgan fingerprint density at radius 3 is 2.26 bits per heavy atom. The minimum Gasteiger partial charge on any atom is -0.490 e. The predicted molar refractivity (Wildman–Crippen MR) is 134 cm³/mol. The average Bonchev–Trinajstić information content (AvgIpc) is 2.79. The van der Waals surface area contributed by atoms with E-state index in [1.54, 1.807) is 4.90 Å². The lowest BCUT2D eigenvalue weighted by molar-refractivity contribution is -0.138. The predicted octanol–water partition coefficient (Wildman–Crippen LogP) is 4.20. The molecule has 178 valence electrons. The molecule has 0 fully saturated rings. The van der Waals surface area contributed by atoms with Gasteiger partial charge in [0.2, 0.25) is 0 Å². The molecule has 0 radical (unpaired) electrons. The van der Waals surface area contributed by atoms with E-state index in [-0.39, 0.29) is 24.7 Å². The summed E-state index contributed by atoms with van der Waals surface area (Å²) in [5.74, 6) is 1.88. The molecule has 0 atom stereocenters. The lowest BCUT2D eigenvalue weighted by Crippen LogP contribution is -2.41. The second-order valence-electron chi connectivity index (χ2n) is 8.44. The van der Waals surface area contributed by atoms with Crippen LogP contribution in [0.15, 0.2) is 34.7 Å². The fourth-order valence-corrected chi connectivity index (χ4v) is 5.93. The first-order valence-electron chi connectivity index (χ1n) is 11.4. The number of terminal acetylenes is 1. The molecular weight excluding hydrogens is 549 g/mol. The van der Waals surface area contributed by atoms with Crippen LogP contribution in [-0.4, -0.2) is 47.3 Å². The Morgan fingerprint density at radius 2 is 1.74 bits per heavy atom. The van der Waals surface area contributed by atoms with Crippen LogP contribution in [0.5, 0.6) is 11.5 Å². The Morgan fingerprint density at radius 1 is 1.12 bits per heavy atom. The van der Waals surface area contributed by atoms with Gasteiger partial charge in [-0.1, -0.05) is 5.92 Å². The zero-order valence-corrected chi connectivity index (χ0v) is 21.1. The van der Waals surface area contributed by atoms with E-state index in [1.165, 1.54) is 0 Å². The van der Waals surface area contributed by atoms with Crippen LogP contribution in [0, 0.1) is 15.9 Å². The van der Waals surface area contributed by atoms with Crippen molar-refractivity contribution in [3.63, 3.8) is 0 Å². The lowest BCUT2D eigenvalue weighted by Gasteiger charge is -2.43. The van der Waals surface area contributed by atoms with Crippen molar-refractivity contribution < 1.29 is 29.0 Å². The molecule has 0 saturated carbocycles. The number of benzene rings is 1. The van der Waals surface area contributed by atoms with Crippen LogP contribution in [0.2, 0.25) is 0 Å². The maximum absolute atomic E-state index is 13.3. The van der Waals surface area contributed by atoms with E-state index in [9.17, 15) is 19.5 Å². The smallest absolute Gasteiger partial charge is 0.323 e. The molecule has 3 aliphatic rings. The second-order valence-corrected chi connectivity index (χ2v) is 9.61. The summed E-state index contributed by atoms with van der Waals surface area (Å²) in [7, 11) is 0. The number of carboxylic acids is 1. The van der Waals surface area contributed by atoms with E-state index in [0.29, 0.717) is 67.8 Å². The molecule has 0 saturated heterocycles. The normalized spacial score (nSPS) is 18.4. The summed E-state index contributed by atoms with van der Waals surface area (Å²) in [6, 6.07) is 3.74. The first-order chi connectivity index (χ1) is 16.4. The minimum atomic E-state index is -0.989. The van der Waals surface area contributed by atoms with Crippen LogP contribution in [0.4, 0.5) is 0 Å². The highest BCUT2D eigenvalue weighted by Gasteiger charge is 2.44. The van der Waals surface area contributed by atoms with Gasteiger partial charge in [0.05, 0.1) is 10.2 Å². The van der Waals surface area contributed by atoms with Gasteiger partial charge in [0.15, 0.2) is 23.1 Å². The van der Waals surface area contributed by atoms with Gasteiger partial charge in [-0.2, -0.15) is 0 Å². The van der Waals surface area contributed by atoms with E-state index in [2.05, 4.69) is 28.5 Å². The third-order valence-electron chi connectivity index (χ3n) is 6.34. The van der Waals surface area contributed by atoms with Crippen LogP contribution in [0.25, 0.3) is 0 Å². The van der Waals surface area contributed by atoms with Gasteiger partial charge in [-0.15, -0.1) is 6.42 Å². The molecular formula is C26H26INO6. The Labute approximate surface area is 212 Å². The van der Waals surface area contributed by atoms with Gasteiger partial charge in [-0.05, 0) is 72.9 Å². The van der Waals surface area contributed by atoms with Crippen molar-refractivity contribution in [2.45, 2.75) is 51.4 Å². The van der Waals surface area contributed by atoms with Crippen LogP contribution in [0.1, 0.15) is 56.9 Å². The molecule has 1 aliphatic heterocycles. The summed E-state index contributed by atoms with van der Waals surface area (Å²) in [6.07, 6.45) is 8.67. The first-order valence-corrected chi connectivity index (χ1v) is 12.5. The summed E-state index contributed by atoms with van der Waals surface area (Å²) in [6.45, 7) is 2.10. The van der Waals surface area contributed by atoms with Crippen molar-refractivity contribution in [2.75, 3.05) is 19.8 Å². The zero-order chi connectivity index (χ0) is 24.4. The Bertz CT molecular complexity index is 1110. The number of Topliss-reactive ketones (excluding diaryl/α,β-unsaturated/α-hetero) is 2. The molecule has 7 nitrogen and oxygen atoms in total. The number of rotatable bonds is 7. The van der Waals surface area contributed by atoms with Crippen molar-refractivity contribution in [3.05, 3.63) is 43.8 Å². The molecule has 34 heavy (non-hydrogen) atoms. The van der Waals surface area contributed by atoms with Crippen molar-refractivity contribution >= 4 is 40.1 Å². The fraction of sp³-hybridized carbons (Fsp3) is 0.423. The summed E-state index contributed by atoms with van der Waals surface area (Å²) in [4.78, 5) is 40.0. The van der Waals surface area contributed by atoms with Crippen LogP contribution in [-0.2, 0) is 14.4 Å². The van der Waals surface area contributed by atoms with E-state index >= 15 is 0 Å². The summed E-state index contributed by atoms with van der Waals surface area (Å²) < 4.78 is 12.3. The van der Waals surface area contributed by atoms with Crippen molar-refractivity contribution in [3.8, 4) is 23.8 Å². The maximum atomic E-state index is 13.3. The number of hydrogen-bond donors (Lipinski definition) is 1. The topological polar surface area (TPSA) is 93.1 Å². The summed E-state index contributed by atoms with van der Waals surface area (Å²) >= 11 is 2.15. The monoisotopic (exact) mass is 575 g/mol. The minimum absolute atomic E-state index is 0.0350. The molecule has 0 aromatic heterocycles. The lowest BCUT2D eigenvalue weighted by atomic mass is 9.71. The maximum Gasteiger partial charge on any atom is 0.323 e. The molecule has 1 N–H and O–H groups in total. The number of halogens is 1. The van der Waals surface area contributed by atoms with E-state index in [1.807, 2.05) is 19.1 Å². The van der Waals surface area contributed by atoms with Crippen molar-refractivity contribution in [1.82, 2.24) is 4.90 Å². The molecule has 0 spiro atoms. The molecule has 8 heteroatoms. The van der Waals surface area contributed by atoms with E-state index in [4.69, 9.17) is 15.9 Å². The molecule has 2 aliphatic carbocycles. The quantitative estimate of drug-likeness (QED) is 0.385. The Hall–Kier alpha value is -2.80. The number of carbonyl (C=O) groups is 3. The number of carbonyl (C=O) groups excluding carboxylic acids is 2. The molecule has 0 bridgehead atoms. The SMILES string of the molecule is C#CCOc1c(I)cc(C2C3=C(CCCC3=O)N(CC(=O)O)C3=C2C(=O)CCC3)cc1OCC. The van der Waals surface area contributed by atoms with Crippen LogP contribution >= 0.6 is 22.6 Å². The van der Waals surface area contributed by atoms with Crippen LogP contribution in [0.3, 0.4) is 0 Å². The number of ketones is 2. The molecule has 1 aromatic carbocycles. The van der Waals surface area contributed by atoms with Gasteiger partial charge in [0.1, 0.15) is 13.2 Å². The molecule has 1 aromatic rings. The van der Waals surface area contributed by atoms with E-state index in [0.717, 1.165) is 20.5 Å². The van der Waals surface area contributed by atoms with Gasteiger partial charge in [-0.25, -0.2) is 0 Å². The molecule has 1 heterocycles. The van der Waals surface area contributed by atoms with Gasteiger partial charge in [0.25, 0.3) is 0 Å². The highest BCUT2D eigenvalue weighted by Crippen LogP contribution is 2.50. The van der Waals surface area contributed by atoms with Gasteiger partial charge < -0.3 is 19.5 Å². The number of ether oxygens (including phenoxy) is 2. The highest BCUT2D eigenvalue weighted by atomic mass is 127. The van der Waals surface area contributed by atoms with Gasteiger partial charge in [-0.3, -0.25) is 14.4 Å². The van der Waals surface area contributed by atoms with Crippen LogP contribution < -0.4 is 9.47 Å². The second kappa shape index (κ2) is 10.2. The zero-order valence-electron chi connectivity index (χ0n) is 19.0. The molecule has 0 amide bonds. The van der Waals surface area contributed by atoms with Gasteiger partial charge in [0, 0.05) is 41.3 Å². The summed E-state index contributed by atoms with van der Waals surface area (Å²) in [5.41, 5.74) is 3.31. The number of nitrogens with zero attached hydrogens (tertiary/aromatic N) is 1. The molecule has 4 rings (SSSR count). The van der Waals surface area contributed by atoms with Crippen molar-refractivity contribution in [1.29, 1.82) is 0 Å². The number of aliphatic carboxylic acids is 1. The fourth-order valence-electron chi connectivity index (χ4n) is 5.15. The third-order valence-corrected chi connectivity index (χ3v) is 7.15.